The van der Waals surface area contributed by atoms with Crippen LogP contribution in [0.5, 0.6) is 0 Å². The Balaban J connectivity index is 2.23. The van der Waals surface area contributed by atoms with Gasteiger partial charge >= 0.3 is 0 Å². The van der Waals surface area contributed by atoms with Gasteiger partial charge in [0.2, 0.25) is 11.8 Å². The molecule has 0 aliphatic carbocycles. The molecule has 0 spiro atoms. The monoisotopic (exact) mass is 394 g/mol. The molecule has 2 aromatic rings. The van der Waals surface area contributed by atoms with E-state index in [1.807, 2.05) is 64.1 Å². The molecule has 1 atom stereocenters. The fraction of sp³-hybridized carbons (Fsp3) is 0.440. The van der Waals surface area contributed by atoms with Gasteiger partial charge in [0.15, 0.2) is 0 Å². The van der Waals surface area contributed by atoms with E-state index in [1.165, 1.54) is 0 Å². The molecule has 0 bridgehead atoms. The van der Waals surface area contributed by atoms with Gasteiger partial charge in [-0.15, -0.1) is 0 Å². The van der Waals surface area contributed by atoms with Crippen LogP contribution in [0.1, 0.15) is 54.5 Å². The highest BCUT2D eigenvalue weighted by atomic mass is 16.2. The fourth-order valence-corrected chi connectivity index (χ4v) is 3.54. The summed E-state index contributed by atoms with van der Waals surface area (Å²) in [6.45, 7) is 11.1. The second-order valence-electron chi connectivity index (χ2n) is 7.94. The Morgan fingerprint density at radius 1 is 1.03 bits per heavy atom. The first kappa shape index (κ1) is 22.7. The molecule has 0 aliphatic rings. The molecule has 29 heavy (non-hydrogen) atoms. The van der Waals surface area contributed by atoms with Gasteiger partial charge in [-0.1, -0.05) is 66.9 Å². The summed E-state index contributed by atoms with van der Waals surface area (Å²) in [6, 6.07) is 13.7. The van der Waals surface area contributed by atoms with E-state index in [0.717, 1.165) is 40.7 Å². The number of nitrogens with one attached hydrogen (secondary N) is 1. The van der Waals surface area contributed by atoms with Gasteiger partial charge in [-0.25, -0.2) is 0 Å². The number of hydrogen-bond acceptors (Lipinski definition) is 2. The predicted octanol–water partition coefficient (Wildman–Crippen LogP) is 4.49. The molecule has 2 amide bonds. The maximum absolute atomic E-state index is 13.3. The minimum Gasteiger partial charge on any atom is -0.354 e. The minimum absolute atomic E-state index is 0.0311. The van der Waals surface area contributed by atoms with Gasteiger partial charge in [-0.05, 0) is 50.8 Å². The molecular formula is C25H34N2O2. The number of carbonyl (C=O) groups excluding carboxylic acids is 2. The van der Waals surface area contributed by atoms with Gasteiger partial charge < -0.3 is 10.2 Å². The van der Waals surface area contributed by atoms with Crippen molar-refractivity contribution in [3.63, 3.8) is 0 Å². The highest BCUT2D eigenvalue weighted by Crippen LogP contribution is 2.16. The third kappa shape index (κ3) is 6.74. The van der Waals surface area contributed by atoms with Gasteiger partial charge in [-0.3, -0.25) is 9.59 Å². The summed E-state index contributed by atoms with van der Waals surface area (Å²) in [5.41, 5.74) is 5.46. The Bertz CT molecular complexity index is 824. The van der Waals surface area contributed by atoms with Crippen LogP contribution >= 0.6 is 0 Å². The summed E-state index contributed by atoms with van der Waals surface area (Å²) < 4.78 is 0. The number of aryl methyl sites for hydroxylation is 3. The first-order valence-corrected chi connectivity index (χ1v) is 10.5. The third-order valence-electron chi connectivity index (χ3n) is 5.24. The number of benzene rings is 2. The molecule has 2 aromatic carbocycles. The van der Waals surface area contributed by atoms with Crippen molar-refractivity contribution in [1.29, 1.82) is 0 Å². The van der Waals surface area contributed by atoms with Crippen LogP contribution in [0.15, 0.2) is 42.5 Å². The molecule has 0 saturated heterocycles. The molecule has 0 fully saturated rings. The van der Waals surface area contributed by atoms with Gasteiger partial charge in [-0.2, -0.15) is 0 Å². The van der Waals surface area contributed by atoms with E-state index in [4.69, 9.17) is 0 Å². The van der Waals surface area contributed by atoms with Crippen molar-refractivity contribution in [3.8, 4) is 0 Å². The van der Waals surface area contributed by atoms with Crippen LogP contribution in [0, 0.1) is 20.8 Å². The van der Waals surface area contributed by atoms with E-state index in [2.05, 4.69) is 18.3 Å². The molecule has 0 heterocycles. The summed E-state index contributed by atoms with van der Waals surface area (Å²) in [6.07, 6.45) is 2.25. The third-order valence-corrected chi connectivity index (χ3v) is 5.24. The van der Waals surface area contributed by atoms with Crippen molar-refractivity contribution in [2.45, 2.75) is 66.5 Å². The topological polar surface area (TPSA) is 49.4 Å². The molecule has 0 radical (unpaired) electrons. The lowest BCUT2D eigenvalue weighted by molar-refractivity contribution is -0.140. The summed E-state index contributed by atoms with van der Waals surface area (Å²) >= 11 is 0. The zero-order valence-corrected chi connectivity index (χ0v) is 18.4. The van der Waals surface area contributed by atoms with Crippen LogP contribution in [-0.2, 0) is 22.6 Å². The average molecular weight is 395 g/mol. The first-order valence-electron chi connectivity index (χ1n) is 10.5. The second-order valence-corrected chi connectivity index (χ2v) is 7.94. The summed E-state index contributed by atoms with van der Waals surface area (Å²) in [7, 11) is 0. The molecule has 156 valence electrons. The zero-order valence-electron chi connectivity index (χ0n) is 18.4. The molecule has 1 unspecified atom stereocenters. The van der Waals surface area contributed by atoms with Crippen molar-refractivity contribution in [1.82, 2.24) is 10.2 Å². The van der Waals surface area contributed by atoms with Crippen LogP contribution in [0.3, 0.4) is 0 Å². The smallest absolute Gasteiger partial charge is 0.242 e. The van der Waals surface area contributed by atoms with E-state index < -0.39 is 6.04 Å². The number of hydrogen-bond donors (Lipinski definition) is 1. The van der Waals surface area contributed by atoms with Crippen LogP contribution in [0.2, 0.25) is 0 Å². The lowest BCUT2D eigenvalue weighted by Crippen LogP contribution is -2.48. The number of nitrogens with zero attached hydrogens (tertiary/aromatic N) is 1. The number of carbonyl (C=O) groups is 2. The molecule has 4 heteroatoms. The number of unbranched alkanes of at least 4 members (excludes halogenated alkanes) is 1. The first-order chi connectivity index (χ1) is 13.8. The quantitative estimate of drug-likeness (QED) is 0.637. The van der Waals surface area contributed by atoms with Crippen LogP contribution in [0.4, 0.5) is 0 Å². The average Bonchev–Trinajstić information content (AvgIpc) is 2.66. The van der Waals surface area contributed by atoms with Gasteiger partial charge in [0.05, 0.1) is 6.42 Å². The normalized spacial score (nSPS) is 11.8. The SMILES string of the molecule is CCCCNC(=O)C(C)N(Cc1ccccc1C)C(=O)Cc1cc(C)cc(C)c1. The number of amides is 2. The Morgan fingerprint density at radius 3 is 2.31 bits per heavy atom. The van der Waals surface area contributed by atoms with Crippen LogP contribution < -0.4 is 5.32 Å². The van der Waals surface area contributed by atoms with Gasteiger partial charge in [0.25, 0.3) is 0 Å². The van der Waals surface area contributed by atoms with Crippen molar-refractivity contribution in [2.24, 2.45) is 0 Å². The Morgan fingerprint density at radius 2 is 1.69 bits per heavy atom. The zero-order chi connectivity index (χ0) is 21.4. The van der Waals surface area contributed by atoms with E-state index in [1.54, 1.807) is 4.90 Å². The number of rotatable bonds is 9. The fourth-order valence-electron chi connectivity index (χ4n) is 3.54. The van der Waals surface area contributed by atoms with Gasteiger partial charge in [0, 0.05) is 13.1 Å². The maximum Gasteiger partial charge on any atom is 0.242 e. The van der Waals surface area contributed by atoms with Crippen molar-refractivity contribution < 1.29 is 9.59 Å². The van der Waals surface area contributed by atoms with Crippen molar-refractivity contribution in [3.05, 3.63) is 70.3 Å². The van der Waals surface area contributed by atoms with Crippen LogP contribution in [-0.4, -0.2) is 29.3 Å². The minimum atomic E-state index is -0.523. The summed E-state index contributed by atoms with van der Waals surface area (Å²) in [5.74, 6) is -0.128. The lowest BCUT2D eigenvalue weighted by Gasteiger charge is -2.29. The van der Waals surface area contributed by atoms with Gasteiger partial charge in [0.1, 0.15) is 6.04 Å². The maximum atomic E-state index is 13.3. The van der Waals surface area contributed by atoms with Crippen molar-refractivity contribution in [2.75, 3.05) is 6.54 Å². The van der Waals surface area contributed by atoms with E-state index in [-0.39, 0.29) is 11.8 Å². The Hall–Kier alpha value is -2.62. The molecule has 0 saturated carbocycles. The molecule has 1 N–H and O–H groups in total. The Labute approximate surface area is 175 Å². The molecular weight excluding hydrogens is 360 g/mol. The summed E-state index contributed by atoms with van der Waals surface area (Å²) in [5, 5.41) is 2.97. The van der Waals surface area contributed by atoms with Crippen LogP contribution in [0.25, 0.3) is 0 Å². The standard InChI is InChI=1S/C25H34N2O2/c1-6-7-12-26-25(29)21(5)27(17-23-11-9-8-10-20(23)4)24(28)16-22-14-18(2)13-19(3)15-22/h8-11,13-15,21H,6-7,12,16-17H2,1-5H3,(H,26,29). The molecule has 0 aliphatic heterocycles. The van der Waals surface area contributed by atoms with E-state index in [9.17, 15) is 9.59 Å². The van der Waals surface area contributed by atoms with E-state index >= 15 is 0 Å². The molecule has 0 aromatic heterocycles. The largest absolute Gasteiger partial charge is 0.354 e. The Kier molecular flexibility index (Phi) is 8.44. The predicted molar refractivity (Wildman–Crippen MR) is 119 cm³/mol. The second kappa shape index (κ2) is 10.8. The molecule has 4 nitrogen and oxygen atoms in total. The van der Waals surface area contributed by atoms with E-state index in [0.29, 0.717) is 19.5 Å². The lowest BCUT2D eigenvalue weighted by atomic mass is 10.0. The van der Waals surface area contributed by atoms with Crippen molar-refractivity contribution >= 4 is 11.8 Å². The highest BCUT2D eigenvalue weighted by Gasteiger charge is 2.26. The highest BCUT2D eigenvalue weighted by molar-refractivity contribution is 5.88. The molecule has 2 rings (SSSR count). The summed E-state index contributed by atoms with van der Waals surface area (Å²) in [4.78, 5) is 27.7.